The van der Waals surface area contributed by atoms with Crippen LogP contribution in [0.3, 0.4) is 0 Å². The molecular formula is C38H38FNO6S. The van der Waals surface area contributed by atoms with Gasteiger partial charge in [-0.3, -0.25) is 4.79 Å². The number of rotatable bonds is 9. The van der Waals surface area contributed by atoms with Gasteiger partial charge in [-0.2, -0.15) is 11.8 Å². The summed E-state index contributed by atoms with van der Waals surface area (Å²) in [5, 5.41) is 13.9. The van der Waals surface area contributed by atoms with Gasteiger partial charge in [0.15, 0.2) is 5.78 Å². The molecule has 1 amide bonds. The molecular weight excluding hydrogens is 617 g/mol. The fourth-order valence-electron chi connectivity index (χ4n) is 5.38. The van der Waals surface area contributed by atoms with Gasteiger partial charge in [0, 0.05) is 39.0 Å². The monoisotopic (exact) mass is 655 g/mol. The predicted octanol–water partition coefficient (Wildman–Crippen LogP) is 9.13. The smallest absolute Gasteiger partial charge is 0.408 e. The van der Waals surface area contributed by atoms with E-state index in [-0.39, 0.29) is 28.3 Å². The Kier molecular flexibility index (Phi) is 9.50. The first-order valence-corrected chi connectivity index (χ1v) is 16.5. The minimum Gasteiger partial charge on any atom is -0.480 e. The van der Waals surface area contributed by atoms with Gasteiger partial charge in [-0.25, -0.2) is 14.0 Å². The minimum absolute atomic E-state index is 0.00161. The molecule has 0 saturated carbocycles. The lowest BCUT2D eigenvalue weighted by Gasteiger charge is -2.24. The van der Waals surface area contributed by atoms with Gasteiger partial charge in [0.1, 0.15) is 28.6 Å². The number of thioether (sulfide) groups is 1. The van der Waals surface area contributed by atoms with E-state index < -0.39 is 29.5 Å². The highest BCUT2D eigenvalue weighted by molar-refractivity contribution is 7.98. The zero-order valence-electron chi connectivity index (χ0n) is 27.3. The predicted molar refractivity (Wildman–Crippen MR) is 185 cm³/mol. The average molecular weight is 656 g/mol. The van der Waals surface area contributed by atoms with Crippen molar-refractivity contribution in [2.45, 2.75) is 64.4 Å². The molecule has 1 unspecified atom stereocenters. The Morgan fingerprint density at radius 3 is 2.23 bits per heavy atom. The molecule has 244 valence electrons. The SMILES string of the molecule is CC(C)(C)OC(=O)NC(CSCc1ccc(C(=O)c2ccc(-c3cccc4c3oc3ccccc34)c(C(C)(C)C)c2)cc1F)C(=O)O. The van der Waals surface area contributed by atoms with Gasteiger partial charge in [0.2, 0.25) is 0 Å². The second kappa shape index (κ2) is 13.2. The molecule has 47 heavy (non-hydrogen) atoms. The molecule has 0 aliphatic rings. The number of alkyl carbamates (subject to hydrolysis) is 1. The summed E-state index contributed by atoms with van der Waals surface area (Å²) < 4.78 is 26.7. The van der Waals surface area contributed by atoms with Crippen LogP contribution in [0.2, 0.25) is 0 Å². The van der Waals surface area contributed by atoms with Crippen LogP contribution < -0.4 is 5.32 Å². The molecule has 5 rings (SSSR count). The Labute approximate surface area is 277 Å². The van der Waals surface area contributed by atoms with Gasteiger partial charge >= 0.3 is 12.1 Å². The molecule has 2 N–H and O–H groups in total. The molecule has 0 spiro atoms. The molecule has 0 aliphatic carbocycles. The summed E-state index contributed by atoms with van der Waals surface area (Å²) in [6, 6.07) is 22.7. The third-order valence-corrected chi connectivity index (χ3v) is 8.71. The number of hydrogen-bond acceptors (Lipinski definition) is 6. The molecule has 0 aliphatic heterocycles. The van der Waals surface area contributed by atoms with E-state index >= 15 is 4.39 Å². The zero-order valence-corrected chi connectivity index (χ0v) is 28.1. The minimum atomic E-state index is -1.22. The van der Waals surface area contributed by atoms with Crippen molar-refractivity contribution in [1.29, 1.82) is 0 Å². The number of fused-ring (bicyclic) bond motifs is 3. The number of furan rings is 1. The first kappa shape index (κ1) is 33.7. The molecule has 0 saturated heterocycles. The maximum atomic E-state index is 15.2. The topological polar surface area (TPSA) is 106 Å². The molecule has 7 nitrogen and oxygen atoms in total. The van der Waals surface area contributed by atoms with E-state index in [0.717, 1.165) is 50.4 Å². The molecule has 1 aromatic heterocycles. The van der Waals surface area contributed by atoms with Crippen molar-refractivity contribution in [3.8, 4) is 11.1 Å². The number of benzene rings is 4. The number of halogens is 1. The number of aliphatic carboxylic acids is 1. The Bertz CT molecular complexity index is 1980. The van der Waals surface area contributed by atoms with Crippen LogP contribution in [0.5, 0.6) is 0 Å². The summed E-state index contributed by atoms with van der Waals surface area (Å²) in [6.45, 7) is 11.3. The number of ether oxygens (including phenoxy) is 1. The summed E-state index contributed by atoms with van der Waals surface area (Å²) in [7, 11) is 0. The molecule has 1 heterocycles. The third-order valence-electron chi connectivity index (χ3n) is 7.63. The van der Waals surface area contributed by atoms with Crippen molar-refractivity contribution in [1.82, 2.24) is 5.32 Å². The van der Waals surface area contributed by atoms with Crippen molar-refractivity contribution in [3.05, 3.63) is 107 Å². The van der Waals surface area contributed by atoms with Crippen molar-refractivity contribution < 1.29 is 33.0 Å². The number of carbonyl (C=O) groups is 3. The number of nitrogens with one attached hydrogen (secondary N) is 1. The number of carboxylic acids is 1. The molecule has 1 atom stereocenters. The summed E-state index contributed by atoms with van der Waals surface area (Å²) in [6.07, 6.45) is -0.839. The highest BCUT2D eigenvalue weighted by atomic mass is 32.2. The van der Waals surface area contributed by atoms with E-state index in [2.05, 4.69) is 26.1 Å². The number of amides is 1. The van der Waals surface area contributed by atoms with Gasteiger partial charge in [0.25, 0.3) is 0 Å². The van der Waals surface area contributed by atoms with Crippen LogP contribution in [-0.4, -0.2) is 40.3 Å². The van der Waals surface area contributed by atoms with E-state index in [0.29, 0.717) is 11.1 Å². The maximum Gasteiger partial charge on any atom is 0.408 e. The van der Waals surface area contributed by atoms with E-state index in [9.17, 15) is 19.5 Å². The third kappa shape index (κ3) is 7.68. The van der Waals surface area contributed by atoms with Crippen molar-refractivity contribution >= 4 is 51.5 Å². The fourth-order valence-corrected chi connectivity index (χ4v) is 6.42. The zero-order chi connectivity index (χ0) is 34.1. The van der Waals surface area contributed by atoms with Crippen LogP contribution in [0.1, 0.15) is 68.6 Å². The highest BCUT2D eigenvalue weighted by Gasteiger charge is 2.26. The lowest BCUT2D eigenvalue weighted by Crippen LogP contribution is -2.44. The first-order valence-electron chi connectivity index (χ1n) is 15.3. The fraction of sp³-hybridized carbons (Fsp3) is 0.289. The van der Waals surface area contributed by atoms with Gasteiger partial charge in [0.05, 0.1) is 0 Å². The molecule has 5 aromatic rings. The van der Waals surface area contributed by atoms with E-state index in [4.69, 9.17) is 9.15 Å². The Morgan fingerprint density at radius 2 is 1.55 bits per heavy atom. The number of carbonyl (C=O) groups excluding carboxylic acids is 2. The van der Waals surface area contributed by atoms with Crippen LogP contribution in [0, 0.1) is 5.82 Å². The normalized spacial score (nSPS) is 12.7. The largest absolute Gasteiger partial charge is 0.480 e. The van der Waals surface area contributed by atoms with Gasteiger partial charge in [-0.15, -0.1) is 0 Å². The van der Waals surface area contributed by atoms with Crippen LogP contribution in [-0.2, 0) is 20.7 Å². The molecule has 4 aromatic carbocycles. The molecule has 0 fully saturated rings. The van der Waals surface area contributed by atoms with Crippen LogP contribution in [0.15, 0.2) is 83.3 Å². The van der Waals surface area contributed by atoms with Gasteiger partial charge in [-0.05, 0) is 61.1 Å². The molecule has 0 radical (unpaired) electrons. The Hall–Kier alpha value is -4.63. The number of hydrogen-bond donors (Lipinski definition) is 2. The van der Waals surface area contributed by atoms with Crippen molar-refractivity contribution in [2.24, 2.45) is 0 Å². The number of para-hydroxylation sites is 2. The number of ketones is 1. The van der Waals surface area contributed by atoms with Crippen LogP contribution >= 0.6 is 11.8 Å². The second-order valence-corrected chi connectivity index (χ2v) is 14.5. The van der Waals surface area contributed by atoms with E-state index in [1.165, 1.54) is 12.1 Å². The summed E-state index contributed by atoms with van der Waals surface area (Å²) in [4.78, 5) is 37.3. The van der Waals surface area contributed by atoms with E-state index in [1.807, 2.05) is 54.6 Å². The highest BCUT2D eigenvalue weighted by Crippen LogP contribution is 2.40. The van der Waals surface area contributed by atoms with Gasteiger partial charge < -0.3 is 19.6 Å². The van der Waals surface area contributed by atoms with Gasteiger partial charge in [-0.1, -0.05) is 81.4 Å². The Balaban J connectivity index is 1.35. The number of carboxylic acid groups (broad SMARTS) is 1. The molecule has 9 heteroatoms. The first-order chi connectivity index (χ1) is 22.1. The second-order valence-electron chi connectivity index (χ2n) is 13.5. The van der Waals surface area contributed by atoms with Crippen LogP contribution in [0.4, 0.5) is 9.18 Å². The summed E-state index contributed by atoms with van der Waals surface area (Å²) in [5.41, 5.74) is 4.30. The van der Waals surface area contributed by atoms with Crippen molar-refractivity contribution in [3.63, 3.8) is 0 Å². The lowest BCUT2D eigenvalue weighted by atomic mass is 9.80. The van der Waals surface area contributed by atoms with Crippen molar-refractivity contribution in [2.75, 3.05) is 5.75 Å². The average Bonchev–Trinajstić information content (AvgIpc) is 3.38. The lowest BCUT2D eigenvalue weighted by molar-refractivity contribution is -0.138. The quantitative estimate of drug-likeness (QED) is 0.153. The maximum absolute atomic E-state index is 15.2. The summed E-state index contributed by atoms with van der Waals surface area (Å²) in [5.74, 6) is -1.96. The Morgan fingerprint density at radius 1 is 0.872 bits per heavy atom. The standard InChI is InChI=1S/C38H38FNO6S/c1-37(2,3)29-18-22(16-17-25(29)27-11-9-12-28-26-10-7-8-13-32(26)45-34(27)28)33(41)23-14-15-24(30(39)19-23)20-47-21-31(35(42)43)40-36(44)46-38(4,5)6/h7-19,31H,20-21H2,1-6H3,(H,40,44)(H,42,43). The molecule has 0 bridgehead atoms. The summed E-state index contributed by atoms with van der Waals surface area (Å²) >= 11 is 1.15. The van der Waals surface area contributed by atoms with Crippen LogP contribution in [0.25, 0.3) is 33.1 Å². The van der Waals surface area contributed by atoms with E-state index in [1.54, 1.807) is 32.9 Å².